The number of aromatic hydroxyl groups is 1. The van der Waals surface area contributed by atoms with Gasteiger partial charge in [0.15, 0.2) is 0 Å². The third-order valence-corrected chi connectivity index (χ3v) is 1.34. The first-order chi connectivity index (χ1) is 4.22. The zero-order chi connectivity index (χ0) is 6.85. The smallest absolute Gasteiger partial charge is 0.342 e. The molecule has 5 nitrogen and oxygen atoms in total. The molecule has 0 aliphatic heterocycles. The Bertz CT molecular complexity index is 233. The van der Waals surface area contributed by atoms with Crippen molar-refractivity contribution >= 4 is 17.2 Å². The lowest BCUT2D eigenvalue weighted by molar-refractivity contribution is -0.385. The summed E-state index contributed by atoms with van der Waals surface area (Å²) >= 11 is 0.853. The maximum atomic E-state index is 9.90. The summed E-state index contributed by atoms with van der Waals surface area (Å²) in [5, 5.41) is 19.6. The van der Waals surface area contributed by atoms with Gasteiger partial charge in [-0.2, -0.15) is 0 Å². The first-order valence-electron chi connectivity index (χ1n) is 1.99. The van der Waals surface area contributed by atoms with Crippen LogP contribution in [-0.4, -0.2) is 14.4 Å². The maximum Gasteiger partial charge on any atom is 0.342 e. The maximum absolute atomic E-state index is 9.90. The Balaban J connectivity index is 3.08. The first-order valence-corrected chi connectivity index (χ1v) is 2.83. The number of nitrogens with zero attached hydrogens (tertiary/aromatic N) is 2. The molecule has 1 heterocycles. The molecule has 0 amide bonds. The minimum atomic E-state index is -0.682. The van der Waals surface area contributed by atoms with E-state index in [0.29, 0.717) is 0 Å². The van der Waals surface area contributed by atoms with Crippen LogP contribution in [0.4, 0.5) is 5.69 Å². The van der Waals surface area contributed by atoms with Crippen LogP contribution in [0.5, 0.6) is 5.88 Å². The molecule has 0 aromatic carbocycles. The Morgan fingerprint density at radius 3 is 2.78 bits per heavy atom. The van der Waals surface area contributed by atoms with Gasteiger partial charge in [0.2, 0.25) is 0 Å². The minimum absolute atomic E-state index is 0.333. The molecule has 1 rings (SSSR count). The van der Waals surface area contributed by atoms with Crippen LogP contribution in [0.15, 0.2) is 5.38 Å². The van der Waals surface area contributed by atoms with Gasteiger partial charge in [0.25, 0.3) is 0 Å². The number of nitro groups is 1. The summed E-state index contributed by atoms with van der Waals surface area (Å²) < 4.78 is 3.29. The van der Waals surface area contributed by atoms with Crippen LogP contribution in [0.25, 0.3) is 0 Å². The average molecular weight is 146 g/mol. The molecule has 0 fully saturated rings. The lowest BCUT2D eigenvalue weighted by Crippen LogP contribution is -1.83. The highest BCUT2D eigenvalue weighted by Gasteiger charge is 2.14. The highest BCUT2D eigenvalue weighted by atomic mass is 32.1. The monoisotopic (exact) mass is 146 g/mol. The fourth-order valence-electron chi connectivity index (χ4n) is 0.350. The van der Waals surface area contributed by atoms with E-state index in [4.69, 9.17) is 5.11 Å². The Kier molecular flexibility index (Phi) is 1.31. The SMILES string of the molecule is O=[N+]([O-])c1csnc1O. The number of hydrogen-bond acceptors (Lipinski definition) is 5. The third-order valence-electron chi connectivity index (χ3n) is 0.729. The van der Waals surface area contributed by atoms with E-state index in [1.54, 1.807) is 0 Å². The van der Waals surface area contributed by atoms with Gasteiger partial charge < -0.3 is 5.11 Å². The van der Waals surface area contributed by atoms with E-state index in [1.165, 1.54) is 5.38 Å². The summed E-state index contributed by atoms with van der Waals surface area (Å²) in [5.74, 6) is -0.509. The summed E-state index contributed by atoms with van der Waals surface area (Å²) in [4.78, 5) is 9.21. The zero-order valence-electron chi connectivity index (χ0n) is 4.14. The van der Waals surface area contributed by atoms with Crippen LogP contribution in [0.1, 0.15) is 0 Å². The van der Waals surface area contributed by atoms with E-state index in [-0.39, 0.29) is 5.69 Å². The predicted molar refractivity (Wildman–Crippen MR) is 30.4 cm³/mol. The molecule has 0 atom stereocenters. The Labute approximate surface area is 53.9 Å². The zero-order valence-corrected chi connectivity index (χ0v) is 4.96. The third kappa shape index (κ3) is 0.968. The largest absolute Gasteiger partial charge is 0.488 e. The molecule has 0 unspecified atom stereocenters. The molecule has 0 spiro atoms. The highest BCUT2D eigenvalue weighted by molar-refractivity contribution is 7.04. The van der Waals surface area contributed by atoms with Crippen molar-refractivity contribution in [2.24, 2.45) is 0 Å². The molecule has 0 radical (unpaired) electrons. The van der Waals surface area contributed by atoms with Crippen molar-refractivity contribution in [3.63, 3.8) is 0 Å². The van der Waals surface area contributed by atoms with Gasteiger partial charge in [0.05, 0.1) is 10.3 Å². The van der Waals surface area contributed by atoms with E-state index in [0.717, 1.165) is 11.5 Å². The fraction of sp³-hybridized carbons (Fsp3) is 0. The van der Waals surface area contributed by atoms with Crippen LogP contribution >= 0.6 is 11.5 Å². The molecule has 0 bridgehead atoms. The van der Waals surface area contributed by atoms with Gasteiger partial charge in [-0.05, 0) is 11.5 Å². The quantitative estimate of drug-likeness (QED) is 0.468. The summed E-state index contributed by atoms with van der Waals surface area (Å²) in [7, 11) is 0. The molecule has 6 heteroatoms. The average Bonchev–Trinajstić information content (AvgIpc) is 2.13. The molecule has 1 aromatic rings. The Morgan fingerprint density at radius 2 is 2.56 bits per heavy atom. The van der Waals surface area contributed by atoms with E-state index in [2.05, 4.69) is 4.37 Å². The molecule has 0 saturated heterocycles. The van der Waals surface area contributed by atoms with Gasteiger partial charge >= 0.3 is 11.6 Å². The second-order valence-electron chi connectivity index (χ2n) is 1.28. The molecule has 1 aromatic heterocycles. The Morgan fingerprint density at radius 1 is 1.89 bits per heavy atom. The molecular weight excluding hydrogens is 144 g/mol. The van der Waals surface area contributed by atoms with Crippen LogP contribution in [0.3, 0.4) is 0 Å². The van der Waals surface area contributed by atoms with Gasteiger partial charge in [-0.25, -0.2) is 0 Å². The Hall–Kier alpha value is -1.17. The van der Waals surface area contributed by atoms with Gasteiger partial charge in [-0.3, -0.25) is 10.1 Å². The molecular formula is C3H2N2O3S. The highest BCUT2D eigenvalue weighted by Crippen LogP contribution is 2.24. The standard InChI is InChI=1S/C3H2N2O3S/c6-3-2(5(7)8)1-9-4-3/h1H,(H,4,6). The van der Waals surface area contributed by atoms with Crippen molar-refractivity contribution in [2.45, 2.75) is 0 Å². The molecule has 9 heavy (non-hydrogen) atoms. The van der Waals surface area contributed by atoms with Crippen molar-refractivity contribution in [2.75, 3.05) is 0 Å². The first kappa shape index (κ1) is 5.96. The van der Waals surface area contributed by atoms with Crippen molar-refractivity contribution in [1.82, 2.24) is 4.37 Å². The normalized spacial score (nSPS) is 9.33. The predicted octanol–water partition coefficient (Wildman–Crippen LogP) is 0.757. The van der Waals surface area contributed by atoms with Crippen LogP contribution in [0, 0.1) is 10.1 Å². The molecule has 0 aliphatic rings. The lowest BCUT2D eigenvalue weighted by Gasteiger charge is -1.81. The molecule has 1 N–H and O–H groups in total. The summed E-state index contributed by atoms with van der Waals surface area (Å²) in [6.45, 7) is 0. The van der Waals surface area contributed by atoms with Crippen molar-refractivity contribution in [3.05, 3.63) is 15.5 Å². The number of aromatic nitrogens is 1. The van der Waals surface area contributed by atoms with E-state index in [1.807, 2.05) is 0 Å². The van der Waals surface area contributed by atoms with Gasteiger partial charge in [-0.15, -0.1) is 4.37 Å². The molecule has 48 valence electrons. The van der Waals surface area contributed by atoms with E-state index >= 15 is 0 Å². The van der Waals surface area contributed by atoms with E-state index in [9.17, 15) is 10.1 Å². The van der Waals surface area contributed by atoms with Crippen molar-refractivity contribution in [1.29, 1.82) is 0 Å². The van der Waals surface area contributed by atoms with Gasteiger partial charge in [0.1, 0.15) is 0 Å². The van der Waals surface area contributed by atoms with Crippen LogP contribution in [-0.2, 0) is 0 Å². The second-order valence-corrected chi connectivity index (χ2v) is 1.91. The van der Waals surface area contributed by atoms with Crippen LogP contribution < -0.4 is 0 Å². The van der Waals surface area contributed by atoms with Gasteiger partial charge in [0, 0.05) is 0 Å². The van der Waals surface area contributed by atoms with Crippen LogP contribution in [0.2, 0.25) is 0 Å². The van der Waals surface area contributed by atoms with Crippen molar-refractivity contribution < 1.29 is 10.0 Å². The second kappa shape index (κ2) is 1.98. The van der Waals surface area contributed by atoms with E-state index < -0.39 is 10.8 Å². The molecule has 0 saturated carbocycles. The fourth-order valence-corrected chi connectivity index (χ4v) is 0.888. The topological polar surface area (TPSA) is 76.3 Å². The number of hydrogen-bond donors (Lipinski definition) is 1. The molecule has 0 aliphatic carbocycles. The summed E-state index contributed by atoms with van der Waals surface area (Å²) in [5.41, 5.74) is -0.333. The minimum Gasteiger partial charge on any atom is -0.488 e. The summed E-state index contributed by atoms with van der Waals surface area (Å²) in [6, 6.07) is 0. The summed E-state index contributed by atoms with van der Waals surface area (Å²) in [6.07, 6.45) is 0. The number of rotatable bonds is 1. The van der Waals surface area contributed by atoms with Gasteiger partial charge in [-0.1, -0.05) is 0 Å². The lowest BCUT2D eigenvalue weighted by atomic mass is 10.6. The van der Waals surface area contributed by atoms with Crippen molar-refractivity contribution in [3.8, 4) is 5.88 Å².